The first-order chi connectivity index (χ1) is 17.8. The Morgan fingerprint density at radius 3 is 0.944 bits per heavy atom. The van der Waals surface area contributed by atoms with Crippen LogP contribution in [-0.4, -0.2) is 15.0 Å². The van der Waals surface area contributed by atoms with Gasteiger partial charge in [-0.15, -0.1) is 0 Å². The van der Waals surface area contributed by atoms with E-state index >= 15 is 0 Å². The molecule has 3 heteroatoms. The van der Waals surface area contributed by atoms with Crippen molar-refractivity contribution in [1.82, 2.24) is 15.0 Å². The van der Waals surface area contributed by atoms with Crippen LogP contribution in [-0.2, 0) is 0 Å². The molecule has 0 unspecified atom stereocenters. The van der Waals surface area contributed by atoms with E-state index in [9.17, 15) is 0 Å². The molecule has 0 radical (unpaired) electrons. The lowest BCUT2D eigenvalue weighted by Gasteiger charge is -2.12. The van der Waals surface area contributed by atoms with Crippen LogP contribution in [0.25, 0.3) is 66.1 Å². The Balaban J connectivity index is 1.45. The van der Waals surface area contributed by atoms with Crippen LogP contribution in [0, 0.1) is 0 Å². The number of hydrogen-bond donors (Lipinski definition) is 0. The molecule has 0 aliphatic carbocycles. The van der Waals surface area contributed by atoms with Gasteiger partial charge in [0, 0.05) is 51.4 Å². The molecule has 0 N–H and O–H groups in total. The van der Waals surface area contributed by atoms with E-state index in [0.717, 1.165) is 66.1 Å². The molecule has 0 aliphatic heterocycles. The largest absolute Gasteiger partial charge is 0.256 e. The van der Waals surface area contributed by atoms with E-state index in [-0.39, 0.29) is 0 Å². The van der Waals surface area contributed by atoms with Crippen molar-refractivity contribution in [2.75, 3.05) is 0 Å². The van der Waals surface area contributed by atoms with Gasteiger partial charge in [-0.3, -0.25) is 15.0 Å². The van der Waals surface area contributed by atoms with Crippen LogP contribution in [0.2, 0.25) is 0 Å². The summed E-state index contributed by atoms with van der Waals surface area (Å²) >= 11 is 0. The quantitative estimate of drug-likeness (QED) is 0.267. The Kier molecular flexibility index (Phi) is 4.78. The SMILES string of the molecule is c1ccc2ncc(-c3cc(-c4cnc5ccccc5c4)cc(-c4cnc5ccccc5c4)c3)cc2c1. The fraction of sp³-hybridized carbons (Fsp3) is 0. The highest BCUT2D eigenvalue weighted by Crippen LogP contribution is 2.34. The number of nitrogens with zero attached hydrogens (tertiary/aromatic N) is 3. The number of aromatic nitrogens is 3. The van der Waals surface area contributed by atoms with E-state index < -0.39 is 0 Å². The molecule has 7 rings (SSSR count). The van der Waals surface area contributed by atoms with Gasteiger partial charge in [-0.05, 0) is 71.3 Å². The Bertz CT molecular complexity index is 1670. The molecule has 0 bridgehead atoms. The summed E-state index contributed by atoms with van der Waals surface area (Å²) in [5.74, 6) is 0. The molecule has 36 heavy (non-hydrogen) atoms. The molecule has 3 nitrogen and oxygen atoms in total. The van der Waals surface area contributed by atoms with Crippen LogP contribution >= 0.6 is 0 Å². The van der Waals surface area contributed by atoms with Gasteiger partial charge in [0.05, 0.1) is 16.6 Å². The molecule has 0 fully saturated rings. The first-order valence-electron chi connectivity index (χ1n) is 12.0. The zero-order chi connectivity index (χ0) is 23.9. The third kappa shape index (κ3) is 3.68. The fourth-order valence-electron chi connectivity index (χ4n) is 4.81. The Morgan fingerprint density at radius 2 is 0.611 bits per heavy atom. The van der Waals surface area contributed by atoms with E-state index in [1.165, 1.54) is 0 Å². The third-order valence-electron chi connectivity index (χ3n) is 6.70. The molecular formula is C33H21N3. The zero-order valence-electron chi connectivity index (χ0n) is 19.5. The van der Waals surface area contributed by atoms with Gasteiger partial charge in [0.2, 0.25) is 0 Å². The summed E-state index contributed by atoms with van der Waals surface area (Å²) in [5.41, 5.74) is 9.57. The van der Waals surface area contributed by atoms with Crippen molar-refractivity contribution in [1.29, 1.82) is 0 Å². The van der Waals surface area contributed by atoms with E-state index in [1.807, 2.05) is 55.0 Å². The van der Waals surface area contributed by atoms with Crippen molar-refractivity contribution in [2.24, 2.45) is 0 Å². The van der Waals surface area contributed by atoms with Crippen molar-refractivity contribution in [2.45, 2.75) is 0 Å². The summed E-state index contributed by atoms with van der Waals surface area (Å²) in [6.07, 6.45) is 5.88. The topological polar surface area (TPSA) is 38.7 Å². The van der Waals surface area contributed by atoms with Crippen LogP contribution in [0.4, 0.5) is 0 Å². The number of para-hydroxylation sites is 3. The Morgan fingerprint density at radius 1 is 0.306 bits per heavy atom. The van der Waals surface area contributed by atoms with Crippen LogP contribution in [0.3, 0.4) is 0 Å². The molecule has 0 saturated heterocycles. The number of benzene rings is 4. The molecule has 3 aromatic heterocycles. The minimum atomic E-state index is 0.995. The maximum Gasteiger partial charge on any atom is 0.0702 e. The smallest absolute Gasteiger partial charge is 0.0702 e. The van der Waals surface area contributed by atoms with Gasteiger partial charge in [-0.2, -0.15) is 0 Å². The van der Waals surface area contributed by atoms with Gasteiger partial charge in [0.25, 0.3) is 0 Å². The number of fused-ring (bicyclic) bond motifs is 3. The van der Waals surface area contributed by atoms with Crippen molar-refractivity contribution in [3.63, 3.8) is 0 Å². The van der Waals surface area contributed by atoms with Gasteiger partial charge in [-0.1, -0.05) is 54.6 Å². The lowest BCUT2D eigenvalue weighted by atomic mass is 9.93. The van der Waals surface area contributed by atoms with Crippen LogP contribution in [0.1, 0.15) is 0 Å². The average molecular weight is 460 g/mol. The molecule has 7 aromatic rings. The van der Waals surface area contributed by atoms with Gasteiger partial charge < -0.3 is 0 Å². The van der Waals surface area contributed by atoms with Crippen LogP contribution < -0.4 is 0 Å². The van der Waals surface area contributed by atoms with Gasteiger partial charge in [0.15, 0.2) is 0 Å². The monoisotopic (exact) mass is 459 g/mol. The van der Waals surface area contributed by atoms with Crippen molar-refractivity contribution < 1.29 is 0 Å². The van der Waals surface area contributed by atoms with E-state index in [4.69, 9.17) is 15.0 Å². The maximum absolute atomic E-state index is 4.72. The van der Waals surface area contributed by atoms with E-state index in [0.29, 0.717) is 0 Å². The minimum absolute atomic E-state index is 0.995. The summed E-state index contributed by atoms with van der Waals surface area (Å²) in [5, 5.41) is 3.38. The molecule has 0 spiro atoms. The highest BCUT2D eigenvalue weighted by Gasteiger charge is 2.10. The second-order valence-corrected chi connectivity index (χ2v) is 9.05. The number of rotatable bonds is 3. The Hall–Kier alpha value is -4.89. The first-order valence-corrected chi connectivity index (χ1v) is 12.0. The van der Waals surface area contributed by atoms with Gasteiger partial charge in [-0.25, -0.2) is 0 Å². The molecule has 168 valence electrons. The van der Waals surface area contributed by atoms with Crippen molar-refractivity contribution >= 4 is 32.7 Å². The lowest BCUT2D eigenvalue weighted by Crippen LogP contribution is -1.89. The summed E-state index contributed by atoms with van der Waals surface area (Å²) < 4.78 is 0. The molecule has 3 heterocycles. The van der Waals surface area contributed by atoms with Gasteiger partial charge >= 0.3 is 0 Å². The second kappa shape index (κ2) is 8.40. The molecule has 0 amide bonds. The van der Waals surface area contributed by atoms with Crippen molar-refractivity contribution in [3.05, 3.63) is 128 Å². The summed E-state index contributed by atoms with van der Waals surface area (Å²) in [6, 6.07) is 38.0. The fourth-order valence-corrected chi connectivity index (χ4v) is 4.81. The van der Waals surface area contributed by atoms with Crippen LogP contribution in [0.5, 0.6) is 0 Å². The van der Waals surface area contributed by atoms with Gasteiger partial charge in [0.1, 0.15) is 0 Å². The highest BCUT2D eigenvalue weighted by atomic mass is 14.7. The summed E-state index contributed by atoms with van der Waals surface area (Å²) in [6.45, 7) is 0. The number of pyridine rings is 3. The first kappa shape index (κ1) is 20.5. The van der Waals surface area contributed by atoms with Crippen molar-refractivity contribution in [3.8, 4) is 33.4 Å². The lowest BCUT2D eigenvalue weighted by molar-refractivity contribution is 1.39. The van der Waals surface area contributed by atoms with E-state index in [2.05, 4.69) is 72.8 Å². The molecular weight excluding hydrogens is 438 g/mol. The third-order valence-corrected chi connectivity index (χ3v) is 6.70. The second-order valence-electron chi connectivity index (χ2n) is 9.05. The van der Waals surface area contributed by atoms with Crippen LogP contribution in [0.15, 0.2) is 128 Å². The molecule has 0 saturated carbocycles. The number of hydrogen-bond acceptors (Lipinski definition) is 3. The normalized spacial score (nSPS) is 11.3. The van der Waals surface area contributed by atoms with E-state index in [1.54, 1.807) is 0 Å². The zero-order valence-corrected chi connectivity index (χ0v) is 19.5. The predicted octanol–water partition coefficient (Wildman–Crippen LogP) is 8.33. The highest BCUT2D eigenvalue weighted by molar-refractivity contribution is 5.90. The predicted molar refractivity (Wildman–Crippen MR) is 149 cm³/mol. The Labute approximate surface area is 208 Å². The molecule has 0 atom stereocenters. The standard InChI is InChI=1S/C33H21N3/c1-4-10-31-22(7-1)13-28(19-34-31)25-16-26(29-14-23-8-2-5-11-32(23)35-20-29)18-27(17-25)30-15-24-9-3-6-12-33(24)36-21-30/h1-21H. The molecule has 4 aromatic carbocycles. The molecule has 0 aliphatic rings. The average Bonchev–Trinajstić information content (AvgIpc) is 2.96. The summed E-state index contributed by atoms with van der Waals surface area (Å²) in [4.78, 5) is 14.2. The maximum atomic E-state index is 4.72. The minimum Gasteiger partial charge on any atom is -0.256 e. The summed E-state index contributed by atoms with van der Waals surface area (Å²) in [7, 11) is 0.